The van der Waals surface area contributed by atoms with Crippen LogP contribution in [-0.2, 0) is 19.1 Å². The first-order valence-electron chi connectivity index (χ1n) is 7.77. The van der Waals surface area contributed by atoms with E-state index in [0.29, 0.717) is 26.3 Å². The fraction of sp³-hybridized carbons (Fsp3) is 0.867. The van der Waals surface area contributed by atoms with Crippen LogP contribution in [0.1, 0.15) is 33.1 Å². The molecule has 1 amide bonds. The fourth-order valence-electron chi connectivity index (χ4n) is 2.55. The minimum absolute atomic E-state index is 0.00983. The van der Waals surface area contributed by atoms with Gasteiger partial charge in [-0.15, -0.1) is 0 Å². The average Bonchev–Trinajstić information content (AvgIpc) is 2.51. The fourth-order valence-corrected chi connectivity index (χ4v) is 2.55. The van der Waals surface area contributed by atoms with Crippen molar-refractivity contribution in [3.8, 4) is 0 Å². The Labute approximate surface area is 127 Å². The van der Waals surface area contributed by atoms with Crippen molar-refractivity contribution in [2.75, 3.05) is 40.0 Å². The molecule has 0 aliphatic carbocycles. The van der Waals surface area contributed by atoms with Crippen LogP contribution in [0, 0.1) is 5.92 Å². The molecule has 1 rings (SSSR count). The number of hydrogen-bond acceptors (Lipinski definition) is 5. The molecule has 1 saturated heterocycles. The van der Waals surface area contributed by atoms with Crippen molar-refractivity contribution in [2.45, 2.75) is 39.2 Å². The maximum absolute atomic E-state index is 12.1. The van der Waals surface area contributed by atoms with E-state index in [4.69, 9.17) is 9.47 Å². The van der Waals surface area contributed by atoms with Gasteiger partial charge in [-0.2, -0.15) is 0 Å². The number of likely N-dealkylation sites (tertiary alicyclic amines) is 1. The Morgan fingerprint density at radius 2 is 2.19 bits per heavy atom. The molecule has 1 aliphatic heterocycles. The van der Waals surface area contributed by atoms with Gasteiger partial charge in [0.15, 0.2) is 0 Å². The lowest BCUT2D eigenvalue weighted by Crippen LogP contribution is -2.50. The van der Waals surface area contributed by atoms with E-state index >= 15 is 0 Å². The van der Waals surface area contributed by atoms with Crippen LogP contribution in [0.4, 0.5) is 0 Å². The van der Waals surface area contributed by atoms with E-state index in [9.17, 15) is 9.59 Å². The van der Waals surface area contributed by atoms with Gasteiger partial charge in [0.2, 0.25) is 5.91 Å². The predicted molar refractivity (Wildman–Crippen MR) is 79.9 cm³/mol. The van der Waals surface area contributed by atoms with Crippen molar-refractivity contribution in [1.29, 1.82) is 0 Å². The average molecular weight is 300 g/mol. The van der Waals surface area contributed by atoms with Crippen molar-refractivity contribution in [1.82, 2.24) is 10.2 Å². The van der Waals surface area contributed by atoms with Crippen molar-refractivity contribution in [3.05, 3.63) is 0 Å². The Balaban J connectivity index is 2.40. The number of methoxy groups -OCH3 is 1. The van der Waals surface area contributed by atoms with Crippen molar-refractivity contribution in [2.24, 2.45) is 5.92 Å². The van der Waals surface area contributed by atoms with Crippen LogP contribution in [0.3, 0.4) is 0 Å². The molecule has 0 spiro atoms. The van der Waals surface area contributed by atoms with Gasteiger partial charge < -0.3 is 14.8 Å². The molecule has 1 fully saturated rings. The Hall–Kier alpha value is -1.14. The van der Waals surface area contributed by atoms with Crippen molar-refractivity contribution >= 4 is 11.9 Å². The highest BCUT2D eigenvalue weighted by atomic mass is 16.5. The highest BCUT2D eigenvalue weighted by molar-refractivity contribution is 5.81. The van der Waals surface area contributed by atoms with Crippen molar-refractivity contribution < 1.29 is 19.1 Å². The monoisotopic (exact) mass is 300 g/mol. The molecule has 0 bridgehead atoms. The van der Waals surface area contributed by atoms with E-state index in [2.05, 4.69) is 10.2 Å². The van der Waals surface area contributed by atoms with E-state index in [0.717, 1.165) is 25.8 Å². The molecule has 1 N–H and O–H groups in total. The maximum Gasteiger partial charge on any atom is 0.310 e. The molecule has 0 aromatic rings. The maximum atomic E-state index is 12.1. The van der Waals surface area contributed by atoms with Crippen LogP contribution < -0.4 is 5.32 Å². The van der Waals surface area contributed by atoms with Gasteiger partial charge >= 0.3 is 5.97 Å². The number of carbonyl (C=O) groups excluding carboxylic acids is 2. The molecular weight excluding hydrogens is 272 g/mol. The summed E-state index contributed by atoms with van der Waals surface area (Å²) in [6.45, 7) is 6.82. The number of piperidine rings is 1. The number of ether oxygens (including phenoxy) is 2. The molecule has 6 nitrogen and oxygen atoms in total. The van der Waals surface area contributed by atoms with Crippen LogP contribution in [-0.4, -0.2) is 62.8 Å². The number of rotatable bonds is 8. The van der Waals surface area contributed by atoms with E-state index in [1.807, 2.05) is 13.8 Å². The SMILES string of the molecule is CCOC(=O)[C@@H]1CCCN(C(C)C(=O)NCCCOC)C1. The lowest BCUT2D eigenvalue weighted by atomic mass is 9.97. The molecule has 0 aromatic carbocycles. The van der Waals surface area contributed by atoms with Crippen LogP contribution >= 0.6 is 0 Å². The Bertz CT molecular complexity index is 336. The van der Waals surface area contributed by atoms with Gasteiger partial charge in [-0.1, -0.05) is 0 Å². The first kappa shape index (κ1) is 17.9. The molecule has 0 saturated carbocycles. The lowest BCUT2D eigenvalue weighted by Gasteiger charge is -2.35. The number of nitrogens with one attached hydrogen (secondary N) is 1. The van der Waals surface area contributed by atoms with Gasteiger partial charge in [-0.25, -0.2) is 0 Å². The molecular formula is C15H28N2O4. The Morgan fingerprint density at radius 3 is 2.86 bits per heavy atom. The number of hydrogen-bond donors (Lipinski definition) is 1. The summed E-state index contributed by atoms with van der Waals surface area (Å²) >= 11 is 0. The zero-order valence-corrected chi connectivity index (χ0v) is 13.4. The summed E-state index contributed by atoms with van der Waals surface area (Å²) in [5.41, 5.74) is 0. The van der Waals surface area contributed by atoms with E-state index in [1.54, 1.807) is 7.11 Å². The second-order valence-electron chi connectivity index (χ2n) is 5.40. The van der Waals surface area contributed by atoms with Crippen molar-refractivity contribution in [3.63, 3.8) is 0 Å². The third-order valence-electron chi connectivity index (χ3n) is 3.82. The first-order valence-corrected chi connectivity index (χ1v) is 7.77. The second kappa shape index (κ2) is 9.73. The topological polar surface area (TPSA) is 67.9 Å². The predicted octanol–water partition coefficient (Wildman–Crippen LogP) is 0.803. The largest absolute Gasteiger partial charge is 0.466 e. The first-order chi connectivity index (χ1) is 10.1. The minimum Gasteiger partial charge on any atom is -0.466 e. The van der Waals surface area contributed by atoms with Gasteiger partial charge in [-0.05, 0) is 39.7 Å². The van der Waals surface area contributed by atoms with Crippen LogP contribution in [0.2, 0.25) is 0 Å². The normalized spacial score (nSPS) is 20.8. The third kappa shape index (κ3) is 6.01. The summed E-state index contributed by atoms with van der Waals surface area (Å²) in [4.78, 5) is 26.0. The summed E-state index contributed by atoms with van der Waals surface area (Å²) in [5, 5.41) is 2.91. The van der Waals surface area contributed by atoms with E-state index < -0.39 is 0 Å². The van der Waals surface area contributed by atoms with E-state index in [1.165, 1.54) is 0 Å². The van der Waals surface area contributed by atoms with Gasteiger partial charge in [0.05, 0.1) is 18.6 Å². The number of carbonyl (C=O) groups is 2. The molecule has 122 valence electrons. The molecule has 1 aliphatic rings. The zero-order chi connectivity index (χ0) is 15.7. The van der Waals surface area contributed by atoms with E-state index in [-0.39, 0.29) is 23.8 Å². The molecule has 21 heavy (non-hydrogen) atoms. The summed E-state index contributed by atoms with van der Waals surface area (Å²) in [6, 6.07) is -0.218. The summed E-state index contributed by atoms with van der Waals surface area (Å²) in [7, 11) is 1.65. The highest BCUT2D eigenvalue weighted by Gasteiger charge is 2.31. The minimum atomic E-state index is -0.218. The zero-order valence-electron chi connectivity index (χ0n) is 13.4. The summed E-state index contributed by atoms with van der Waals surface area (Å²) in [6.07, 6.45) is 2.57. The second-order valence-corrected chi connectivity index (χ2v) is 5.40. The number of esters is 1. The molecule has 0 aromatic heterocycles. The van der Waals surface area contributed by atoms with Crippen LogP contribution in [0.15, 0.2) is 0 Å². The third-order valence-corrected chi connectivity index (χ3v) is 3.82. The molecule has 1 heterocycles. The summed E-state index contributed by atoms with van der Waals surface area (Å²) in [5.74, 6) is -0.243. The smallest absolute Gasteiger partial charge is 0.310 e. The van der Waals surface area contributed by atoms with Crippen LogP contribution in [0.25, 0.3) is 0 Å². The quantitative estimate of drug-likeness (QED) is 0.530. The summed E-state index contributed by atoms with van der Waals surface area (Å²) < 4.78 is 10.0. The molecule has 1 unspecified atom stereocenters. The van der Waals surface area contributed by atoms with Gasteiger partial charge in [0.1, 0.15) is 0 Å². The standard InChI is InChI=1S/C15H28N2O4/c1-4-21-15(19)13-7-5-9-17(11-13)12(2)14(18)16-8-6-10-20-3/h12-13H,4-11H2,1-3H3,(H,16,18)/t12?,13-/m1/s1. The number of amides is 1. The van der Waals surface area contributed by atoms with Gasteiger partial charge in [0.25, 0.3) is 0 Å². The number of nitrogens with zero attached hydrogens (tertiary/aromatic N) is 1. The van der Waals surface area contributed by atoms with Gasteiger partial charge in [0, 0.05) is 26.8 Å². The Kier molecular flexibility index (Phi) is 8.30. The molecule has 6 heteroatoms. The Morgan fingerprint density at radius 1 is 1.43 bits per heavy atom. The molecule has 0 radical (unpaired) electrons. The van der Waals surface area contributed by atoms with Gasteiger partial charge in [-0.3, -0.25) is 14.5 Å². The lowest BCUT2D eigenvalue weighted by molar-refractivity contribution is -0.151. The molecule has 2 atom stereocenters. The highest BCUT2D eigenvalue weighted by Crippen LogP contribution is 2.19. The van der Waals surface area contributed by atoms with Crippen LogP contribution in [0.5, 0.6) is 0 Å².